The fraction of sp³-hybridized carbons (Fsp3) is 0.659. The maximum Gasteiger partial charge on any atom is 0.302 e. The molecule has 2 aromatic carbocycles. The molecule has 0 radical (unpaired) electrons. The molecule has 1 amide bonds. The summed E-state index contributed by atoms with van der Waals surface area (Å²) in [6.07, 6.45) is 15.7. The fourth-order valence-electron chi connectivity index (χ4n) is 9.12. The Labute approximate surface area is 341 Å². The van der Waals surface area contributed by atoms with E-state index >= 15 is 0 Å². The SMILES string of the molecule is CC(=O)O[C@@H]1CCc2cc(c(O)c(OC3CCCC3)c2)CN2C[C@@](Cc3ccccc3)(CCN=C(N)NC3(CCCC3)SSCCCCCC[C@H](O)C1)CC2=O. The van der Waals surface area contributed by atoms with Gasteiger partial charge in [-0.3, -0.25) is 14.6 Å². The lowest BCUT2D eigenvalue weighted by molar-refractivity contribution is -0.148. The van der Waals surface area contributed by atoms with Gasteiger partial charge in [-0.15, -0.1) is 0 Å². The van der Waals surface area contributed by atoms with Crippen molar-refractivity contribution in [3.8, 4) is 11.5 Å². The number of nitrogens with two attached hydrogens (primary N) is 1. The molecule has 3 atom stereocenters. The molecule has 2 saturated carbocycles. The molecule has 3 fully saturated rings. The van der Waals surface area contributed by atoms with Crippen LogP contribution in [0.5, 0.6) is 11.5 Å². The number of benzene rings is 2. The molecule has 6 rings (SSSR count). The van der Waals surface area contributed by atoms with E-state index in [1.807, 2.05) is 56.8 Å². The lowest BCUT2D eigenvalue weighted by atomic mass is 9.78. The van der Waals surface area contributed by atoms with Gasteiger partial charge in [0, 0.05) is 56.1 Å². The fourth-order valence-corrected chi connectivity index (χ4v) is 12.3. The number of nitrogens with zero attached hydrogens (tertiary/aromatic N) is 2. The number of phenolic OH excluding ortho intramolecular Hbond substituents is 1. The molecule has 308 valence electrons. The number of aromatic hydroxyl groups is 1. The van der Waals surface area contributed by atoms with E-state index in [0.29, 0.717) is 68.9 Å². The van der Waals surface area contributed by atoms with Crippen LogP contribution in [0.15, 0.2) is 47.5 Å². The largest absolute Gasteiger partial charge is 0.504 e. The van der Waals surface area contributed by atoms with Gasteiger partial charge in [-0.2, -0.15) is 0 Å². The molecule has 0 aromatic heterocycles. The molecule has 1 spiro atoms. The average Bonchev–Trinajstić information content (AvgIpc) is 3.91. The summed E-state index contributed by atoms with van der Waals surface area (Å²) in [6.45, 7) is 2.72. The van der Waals surface area contributed by atoms with Crippen molar-refractivity contribution >= 4 is 39.4 Å². The van der Waals surface area contributed by atoms with Crippen LogP contribution in [-0.2, 0) is 33.7 Å². The Morgan fingerprint density at radius 3 is 2.50 bits per heavy atom. The number of nitrogens with one attached hydrogen (secondary N) is 1. The van der Waals surface area contributed by atoms with E-state index in [9.17, 15) is 19.8 Å². The van der Waals surface area contributed by atoms with Crippen LogP contribution >= 0.6 is 21.6 Å². The number of rotatable bonds is 5. The number of aliphatic hydroxyl groups is 1. The number of aryl methyl sites for hydroxylation is 1. The maximum atomic E-state index is 14.0. The zero-order valence-corrected chi connectivity index (χ0v) is 35.0. The second kappa shape index (κ2) is 20.6. The molecular formula is C44H64N4O6S2. The molecule has 4 bridgehead atoms. The van der Waals surface area contributed by atoms with Gasteiger partial charge in [-0.25, -0.2) is 0 Å². The summed E-state index contributed by atoms with van der Waals surface area (Å²) >= 11 is 0. The number of aliphatic hydroxyl groups excluding tert-OH is 1. The first kappa shape index (κ1) is 42.5. The Hall–Kier alpha value is -3.09. The third-order valence-electron chi connectivity index (χ3n) is 12.0. The molecule has 2 heterocycles. The number of phenols is 1. The van der Waals surface area contributed by atoms with Crippen molar-refractivity contribution in [2.45, 2.75) is 159 Å². The molecule has 2 aliphatic heterocycles. The first-order chi connectivity index (χ1) is 27.1. The van der Waals surface area contributed by atoms with Gasteiger partial charge in [0.25, 0.3) is 0 Å². The summed E-state index contributed by atoms with van der Waals surface area (Å²) in [4.78, 5) is 32.8. The number of aliphatic imine (C=N–C) groups is 1. The Kier molecular flexibility index (Phi) is 15.6. The second-order valence-corrected chi connectivity index (χ2v) is 19.6. The quantitative estimate of drug-likeness (QED) is 0.172. The predicted molar refractivity (Wildman–Crippen MR) is 227 cm³/mol. The first-order valence-electron chi connectivity index (χ1n) is 21.2. The van der Waals surface area contributed by atoms with Gasteiger partial charge < -0.3 is 35.6 Å². The molecule has 4 aliphatic rings. The van der Waals surface area contributed by atoms with Crippen LogP contribution in [0.3, 0.4) is 0 Å². The molecule has 2 aliphatic carbocycles. The number of ether oxygens (including phenoxy) is 2. The van der Waals surface area contributed by atoms with E-state index in [1.165, 1.54) is 25.3 Å². The van der Waals surface area contributed by atoms with Crippen molar-refractivity contribution in [3.63, 3.8) is 0 Å². The summed E-state index contributed by atoms with van der Waals surface area (Å²) in [6, 6.07) is 14.2. The van der Waals surface area contributed by atoms with Crippen LogP contribution in [0.4, 0.5) is 0 Å². The topological polar surface area (TPSA) is 147 Å². The lowest BCUT2D eigenvalue weighted by Gasteiger charge is -2.30. The summed E-state index contributed by atoms with van der Waals surface area (Å²) in [5.74, 6) is 1.75. The number of carbonyl (C=O) groups is 2. The number of amides is 1. The second-order valence-electron chi connectivity index (χ2n) is 16.8. The smallest absolute Gasteiger partial charge is 0.302 e. The van der Waals surface area contributed by atoms with E-state index < -0.39 is 12.2 Å². The van der Waals surface area contributed by atoms with Gasteiger partial charge in [0.1, 0.15) is 6.10 Å². The van der Waals surface area contributed by atoms with Crippen LogP contribution in [0, 0.1) is 5.41 Å². The predicted octanol–water partition coefficient (Wildman–Crippen LogP) is 8.20. The molecule has 1 saturated heterocycles. The molecule has 5 N–H and O–H groups in total. The van der Waals surface area contributed by atoms with Crippen LogP contribution in [0.25, 0.3) is 0 Å². The highest BCUT2D eigenvalue weighted by Gasteiger charge is 2.43. The highest BCUT2D eigenvalue weighted by Crippen LogP contribution is 2.46. The highest BCUT2D eigenvalue weighted by atomic mass is 33.1. The summed E-state index contributed by atoms with van der Waals surface area (Å²) in [5.41, 5.74) is 9.02. The number of guanidine groups is 1. The van der Waals surface area contributed by atoms with Crippen molar-refractivity contribution in [1.82, 2.24) is 10.2 Å². The Morgan fingerprint density at radius 2 is 1.73 bits per heavy atom. The number of esters is 1. The van der Waals surface area contributed by atoms with Crippen molar-refractivity contribution in [2.75, 3.05) is 18.8 Å². The van der Waals surface area contributed by atoms with Crippen LogP contribution in [0.2, 0.25) is 0 Å². The van der Waals surface area contributed by atoms with Crippen LogP contribution in [-0.4, -0.2) is 75.0 Å². The van der Waals surface area contributed by atoms with E-state index in [4.69, 9.17) is 20.2 Å². The van der Waals surface area contributed by atoms with E-state index in [2.05, 4.69) is 17.4 Å². The molecule has 12 heteroatoms. The standard InChI is InChI=1S/C44H64N4O6S2/c1-32(49)53-38-19-18-34-25-35(41(52)39(26-34)54-37-16-8-9-17-37)30-48-31-43(29-40(48)51,28-33-13-5-4-6-14-33)22-23-46-42(45)47-44(20-10-11-21-44)56-55-24-12-3-2-7-15-36(50)27-38/h4-6,13-14,25-26,36-38,50,52H,2-3,7-12,15-24,27-31H2,1H3,(H3,45,46,47)/t36-,38+,43+/m0/s1. The van der Waals surface area contributed by atoms with Gasteiger partial charge in [0.15, 0.2) is 17.5 Å². The number of carbonyl (C=O) groups excluding carboxylic acids is 2. The number of fused-ring (bicyclic) bond motifs is 4. The number of hydrogen-bond acceptors (Lipinski definition) is 11. The Balaban J connectivity index is 1.27. The monoisotopic (exact) mass is 808 g/mol. The molecule has 0 unspecified atom stereocenters. The normalized spacial score (nSPS) is 26.4. The lowest BCUT2D eigenvalue weighted by Crippen LogP contribution is -2.47. The van der Waals surface area contributed by atoms with Gasteiger partial charge >= 0.3 is 5.97 Å². The van der Waals surface area contributed by atoms with E-state index in [1.54, 1.807) is 0 Å². The number of hydrogen-bond donors (Lipinski definition) is 4. The minimum absolute atomic E-state index is 0.0391. The van der Waals surface area contributed by atoms with Crippen molar-refractivity contribution < 1.29 is 29.3 Å². The summed E-state index contributed by atoms with van der Waals surface area (Å²) in [7, 11) is 3.81. The third-order valence-corrected chi connectivity index (χ3v) is 15.3. The molecule has 56 heavy (non-hydrogen) atoms. The first-order valence-corrected chi connectivity index (χ1v) is 23.5. The zero-order chi connectivity index (χ0) is 39.4. The average molecular weight is 809 g/mol. The highest BCUT2D eigenvalue weighted by molar-refractivity contribution is 8.77. The Morgan fingerprint density at radius 1 is 0.982 bits per heavy atom. The van der Waals surface area contributed by atoms with Gasteiger partial charge in [-0.05, 0) is 94.2 Å². The zero-order valence-electron chi connectivity index (χ0n) is 33.4. The van der Waals surface area contributed by atoms with Crippen molar-refractivity contribution in [2.24, 2.45) is 16.1 Å². The third kappa shape index (κ3) is 12.5. The molecule has 10 nitrogen and oxygen atoms in total. The summed E-state index contributed by atoms with van der Waals surface area (Å²) < 4.78 is 12.2. The Bertz CT molecular complexity index is 1620. The van der Waals surface area contributed by atoms with Gasteiger partial charge in [-0.1, -0.05) is 90.1 Å². The van der Waals surface area contributed by atoms with Crippen molar-refractivity contribution in [1.29, 1.82) is 0 Å². The molecule has 2 aromatic rings. The van der Waals surface area contributed by atoms with E-state index in [0.717, 1.165) is 81.9 Å². The molecular weight excluding hydrogens is 745 g/mol. The minimum Gasteiger partial charge on any atom is -0.504 e. The van der Waals surface area contributed by atoms with Crippen LogP contribution < -0.4 is 15.8 Å². The van der Waals surface area contributed by atoms with Gasteiger partial charge in [0.05, 0.1) is 17.1 Å². The van der Waals surface area contributed by atoms with Crippen LogP contribution in [0.1, 0.15) is 133 Å². The van der Waals surface area contributed by atoms with E-state index in [-0.39, 0.29) is 40.6 Å². The van der Waals surface area contributed by atoms with Gasteiger partial charge in [0.2, 0.25) is 5.91 Å². The summed E-state index contributed by atoms with van der Waals surface area (Å²) in [5, 5.41) is 26.3. The minimum atomic E-state index is -0.558. The maximum absolute atomic E-state index is 14.0. The van der Waals surface area contributed by atoms with Crippen molar-refractivity contribution in [3.05, 3.63) is 59.2 Å².